The molecular weight excluding hydrogens is 146 g/mol. The van der Waals surface area contributed by atoms with Gasteiger partial charge in [-0.2, -0.15) is 11.8 Å². The van der Waals surface area contributed by atoms with E-state index in [9.17, 15) is 0 Å². The molecule has 0 fully saturated rings. The first-order valence-corrected chi connectivity index (χ1v) is 4.63. The molecule has 3 nitrogen and oxygen atoms in total. The second-order valence-corrected chi connectivity index (χ2v) is 3.42. The van der Waals surface area contributed by atoms with Crippen LogP contribution in [0.15, 0.2) is 5.11 Å². The van der Waals surface area contributed by atoms with Gasteiger partial charge in [-0.1, -0.05) is 12.0 Å². The van der Waals surface area contributed by atoms with Crippen molar-refractivity contribution in [1.29, 1.82) is 0 Å². The van der Waals surface area contributed by atoms with Gasteiger partial charge in [-0.05, 0) is 24.6 Å². The van der Waals surface area contributed by atoms with E-state index in [-0.39, 0.29) is 0 Å². The normalized spacial score (nSPS) is 12.2. The molecule has 0 heterocycles. The molecule has 0 saturated heterocycles. The summed E-state index contributed by atoms with van der Waals surface area (Å²) in [4.78, 5) is 2.68. The van der Waals surface area contributed by atoms with Crippen LogP contribution in [0.25, 0.3) is 10.4 Å². The minimum Gasteiger partial charge on any atom is -0.162 e. The van der Waals surface area contributed by atoms with Crippen LogP contribution in [0, 0.1) is 0 Å². The lowest BCUT2D eigenvalue weighted by Crippen LogP contribution is -1.95. The van der Waals surface area contributed by atoms with Gasteiger partial charge >= 0.3 is 0 Å². The number of rotatable bonds is 5. The first-order chi connectivity index (χ1) is 4.81. The number of thioether (sulfide) groups is 1. The Kier molecular flexibility index (Phi) is 6.55. The van der Waals surface area contributed by atoms with E-state index in [1.807, 2.05) is 11.8 Å². The van der Waals surface area contributed by atoms with E-state index in [2.05, 4.69) is 23.2 Å². The highest BCUT2D eigenvalue weighted by atomic mass is 32.2. The highest BCUT2D eigenvalue weighted by molar-refractivity contribution is 7.99. The summed E-state index contributed by atoms with van der Waals surface area (Å²) in [6.07, 6.45) is 4.24. The van der Waals surface area contributed by atoms with E-state index < -0.39 is 0 Å². The van der Waals surface area contributed by atoms with Crippen molar-refractivity contribution in [3.8, 4) is 0 Å². The summed E-state index contributed by atoms with van der Waals surface area (Å²) >= 11 is 1.85. The van der Waals surface area contributed by atoms with E-state index in [1.165, 1.54) is 0 Å². The van der Waals surface area contributed by atoms with E-state index in [0.717, 1.165) is 12.8 Å². The molecule has 0 bridgehead atoms. The molecule has 0 aromatic heterocycles. The Labute approximate surface area is 65.8 Å². The van der Waals surface area contributed by atoms with Crippen LogP contribution < -0.4 is 0 Å². The monoisotopic (exact) mass is 159 g/mol. The van der Waals surface area contributed by atoms with Gasteiger partial charge in [0.05, 0.1) is 0 Å². The minimum absolute atomic E-state index is 0.640. The van der Waals surface area contributed by atoms with E-state index in [0.29, 0.717) is 11.8 Å². The third-order valence-electron chi connectivity index (χ3n) is 1.33. The van der Waals surface area contributed by atoms with Crippen molar-refractivity contribution in [3.63, 3.8) is 0 Å². The van der Waals surface area contributed by atoms with Crippen LogP contribution in [0.4, 0.5) is 0 Å². The maximum atomic E-state index is 7.94. The van der Waals surface area contributed by atoms with Crippen molar-refractivity contribution in [1.82, 2.24) is 0 Å². The highest BCUT2D eigenvalue weighted by Crippen LogP contribution is 2.11. The van der Waals surface area contributed by atoms with Crippen molar-refractivity contribution >= 4 is 11.8 Å². The van der Waals surface area contributed by atoms with Crippen LogP contribution in [0.5, 0.6) is 0 Å². The van der Waals surface area contributed by atoms with E-state index in [1.54, 1.807) is 0 Å². The summed E-state index contributed by atoms with van der Waals surface area (Å²) in [6.45, 7) is 2.82. The van der Waals surface area contributed by atoms with Crippen LogP contribution in [-0.4, -0.2) is 18.1 Å². The molecular formula is C6H13N3S. The summed E-state index contributed by atoms with van der Waals surface area (Å²) in [7, 11) is 0. The predicted octanol–water partition coefficient (Wildman–Crippen LogP) is 2.83. The zero-order valence-electron chi connectivity index (χ0n) is 6.45. The Bertz CT molecular complexity index is 120. The lowest BCUT2D eigenvalue weighted by Gasteiger charge is -2.04. The van der Waals surface area contributed by atoms with Crippen LogP contribution in [0.2, 0.25) is 0 Å². The lowest BCUT2D eigenvalue weighted by molar-refractivity contribution is 0.738. The van der Waals surface area contributed by atoms with Crippen molar-refractivity contribution in [2.45, 2.75) is 25.0 Å². The standard InChI is InChI=1S/C6H13N3S/c1-6(10-2)4-3-5-8-9-7/h6H,3-5H2,1-2H3. The Hall–Kier alpha value is -0.340. The Balaban J connectivity index is 3.10. The number of azide groups is 1. The van der Waals surface area contributed by atoms with Gasteiger partial charge in [0, 0.05) is 16.7 Å². The number of hydrogen-bond acceptors (Lipinski definition) is 2. The highest BCUT2D eigenvalue weighted by Gasteiger charge is 1.96. The average Bonchev–Trinajstić information content (AvgIpc) is 1.98. The first-order valence-electron chi connectivity index (χ1n) is 3.35. The summed E-state index contributed by atoms with van der Waals surface area (Å²) < 4.78 is 0. The molecule has 0 N–H and O–H groups in total. The molecule has 0 aromatic rings. The molecule has 0 amide bonds. The molecule has 0 aliphatic rings. The van der Waals surface area contributed by atoms with Gasteiger partial charge in [0.1, 0.15) is 0 Å². The van der Waals surface area contributed by atoms with Gasteiger partial charge in [0.25, 0.3) is 0 Å². The molecule has 0 saturated carbocycles. The molecule has 58 valence electrons. The smallest absolute Gasteiger partial charge is 0.0258 e. The van der Waals surface area contributed by atoms with Crippen molar-refractivity contribution in [2.75, 3.05) is 12.8 Å². The molecule has 1 atom stereocenters. The molecule has 10 heavy (non-hydrogen) atoms. The van der Waals surface area contributed by atoms with E-state index in [4.69, 9.17) is 5.53 Å². The van der Waals surface area contributed by atoms with Gasteiger partial charge in [0.15, 0.2) is 0 Å². The molecule has 0 radical (unpaired) electrons. The lowest BCUT2D eigenvalue weighted by atomic mass is 10.2. The fourth-order valence-corrected chi connectivity index (χ4v) is 1.01. The summed E-state index contributed by atoms with van der Waals surface area (Å²) in [5.41, 5.74) is 7.94. The summed E-state index contributed by atoms with van der Waals surface area (Å²) in [6, 6.07) is 0. The van der Waals surface area contributed by atoms with Gasteiger partial charge in [-0.25, -0.2) is 0 Å². The third kappa shape index (κ3) is 5.79. The Morgan fingerprint density at radius 1 is 1.70 bits per heavy atom. The summed E-state index contributed by atoms with van der Waals surface area (Å²) in [5, 5.41) is 4.14. The minimum atomic E-state index is 0.640. The van der Waals surface area contributed by atoms with Gasteiger partial charge in [0.2, 0.25) is 0 Å². The van der Waals surface area contributed by atoms with Crippen molar-refractivity contribution in [3.05, 3.63) is 10.4 Å². The number of hydrogen-bond donors (Lipinski definition) is 0. The largest absolute Gasteiger partial charge is 0.162 e. The molecule has 0 aromatic carbocycles. The topological polar surface area (TPSA) is 48.8 Å². The number of nitrogens with zero attached hydrogens (tertiary/aromatic N) is 3. The van der Waals surface area contributed by atoms with Crippen LogP contribution >= 0.6 is 11.8 Å². The second-order valence-electron chi connectivity index (χ2n) is 2.14. The first kappa shape index (κ1) is 9.66. The molecule has 0 aliphatic heterocycles. The predicted molar refractivity (Wildman–Crippen MR) is 46.2 cm³/mol. The van der Waals surface area contributed by atoms with Crippen molar-refractivity contribution < 1.29 is 0 Å². The quantitative estimate of drug-likeness (QED) is 0.263. The van der Waals surface area contributed by atoms with Crippen LogP contribution in [0.1, 0.15) is 19.8 Å². The average molecular weight is 159 g/mol. The molecule has 0 aliphatic carbocycles. The van der Waals surface area contributed by atoms with Gasteiger partial charge in [-0.3, -0.25) is 0 Å². The zero-order chi connectivity index (χ0) is 7.82. The second kappa shape index (κ2) is 6.78. The maximum absolute atomic E-state index is 7.94. The van der Waals surface area contributed by atoms with Gasteiger partial charge < -0.3 is 0 Å². The summed E-state index contributed by atoms with van der Waals surface area (Å²) in [5.74, 6) is 0. The molecule has 4 heteroatoms. The zero-order valence-corrected chi connectivity index (χ0v) is 7.27. The SMILES string of the molecule is CSC(C)CCCN=[N+]=[N-]. The molecule has 0 rings (SSSR count). The maximum Gasteiger partial charge on any atom is 0.0258 e. The molecule has 0 spiro atoms. The van der Waals surface area contributed by atoms with Crippen molar-refractivity contribution in [2.24, 2.45) is 5.11 Å². The van der Waals surface area contributed by atoms with E-state index >= 15 is 0 Å². The fraction of sp³-hybridized carbons (Fsp3) is 1.00. The molecule has 1 unspecified atom stereocenters. The van der Waals surface area contributed by atoms with Gasteiger partial charge in [-0.15, -0.1) is 0 Å². The third-order valence-corrected chi connectivity index (χ3v) is 2.37. The Morgan fingerprint density at radius 2 is 2.40 bits per heavy atom. The van der Waals surface area contributed by atoms with Crippen LogP contribution in [-0.2, 0) is 0 Å². The fourth-order valence-electron chi connectivity index (χ4n) is 0.612. The Morgan fingerprint density at radius 3 is 2.90 bits per heavy atom. The van der Waals surface area contributed by atoms with Crippen LogP contribution in [0.3, 0.4) is 0 Å².